The highest BCUT2D eigenvalue weighted by molar-refractivity contribution is 5.58. The van der Waals surface area contributed by atoms with Crippen LogP contribution < -0.4 is 4.90 Å². The van der Waals surface area contributed by atoms with Gasteiger partial charge in [0.2, 0.25) is 0 Å². The lowest BCUT2D eigenvalue weighted by Crippen LogP contribution is -2.32. The Morgan fingerprint density at radius 3 is 2.25 bits per heavy atom. The van der Waals surface area contributed by atoms with E-state index in [9.17, 15) is 23.3 Å². The van der Waals surface area contributed by atoms with E-state index < -0.39 is 22.4 Å². The summed E-state index contributed by atoms with van der Waals surface area (Å²) in [4.78, 5) is 11.6. The SMILES string of the molecule is C[C@H]1CC[C@H](C)N1c1ccc([N+](=O)[O-])c(C(F)(F)F)c1. The molecule has 0 aromatic heterocycles. The van der Waals surface area contributed by atoms with E-state index in [1.54, 1.807) is 0 Å². The summed E-state index contributed by atoms with van der Waals surface area (Å²) in [6.07, 6.45) is -2.93. The quantitative estimate of drug-likeness (QED) is 0.610. The lowest BCUT2D eigenvalue weighted by atomic mass is 10.1. The van der Waals surface area contributed by atoms with Gasteiger partial charge in [0, 0.05) is 23.8 Å². The van der Waals surface area contributed by atoms with Crippen LogP contribution in [-0.2, 0) is 6.18 Å². The second-order valence-corrected chi connectivity index (χ2v) is 5.14. The lowest BCUT2D eigenvalue weighted by Gasteiger charge is -2.29. The molecule has 0 unspecified atom stereocenters. The summed E-state index contributed by atoms with van der Waals surface area (Å²) < 4.78 is 38.8. The molecule has 1 aromatic carbocycles. The predicted molar refractivity (Wildman–Crippen MR) is 68.7 cm³/mol. The number of benzene rings is 1. The number of halogens is 3. The first kappa shape index (κ1) is 14.6. The Hall–Kier alpha value is -1.79. The Morgan fingerprint density at radius 2 is 1.80 bits per heavy atom. The zero-order chi connectivity index (χ0) is 15.1. The highest BCUT2D eigenvalue weighted by atomic mass is 19.4. The van der Waals surface area contributed by atoms with E-state index in [4.69, 9.17) is 0 Å². The first-order chi connectivity index (χ1) is 9.21. The van der Waals surface area contributed by atoms with Crippen LogP contribution in [0.25, 0.3) is 0 Å². The number of rotatable bonds is 2. The molecule has 0 saturated carbocycles. The highest BCUT2D eigenvalue weighted by Crippen LogP contribution is 2.40. The van der Waals surface area contributed by atoms with Gasteiger partial charge in [0.1, 0.15) is 5.56 Å². The van der Waals surface area contributed by atoms with Gasteiger partial charge >= 0.3 is 6.18 Å². The number of anilines is 1. The van der Waals surface area contributed by atoms with Crippen molar-refractivity contribution in [3.05, 3.63) is 33.9 Å². The first-order valence-electron chi connectivity index (χ1n) is 6.35. The minimum absolute atomic E-state index is 0.132. The van der Waals surface area contributed by atoms with Crippen LogP contribution in [0, 0.1) is 10.1 Å². The monoisotopic (exact) mass is 288 g/mol. The molecule has 1 aliphatic heterocycles. The van der Waals surface area contributed by atoms with Crippen LogP contribution in [0.1, 0.15) is 32.3 Å². The molecule has 1 aromatic rings. The summed E-state index contributed by atoms with van der Waals surface area (Å²) in [5, 5.41) is 10.7. The van der Waals surface area contributed by atoms with E-state index in [0.29, 0.717) is 5.69 Å². The van der Waals surface area contributed by atoms with Crippen LogP contribution in [-0.4, -0.2) is 17.0 Å². The molecule has 4 nitrogen and oxygen atoms in total. The number of hydrogen-bond donors (Lipinski definition) is 0. The van der Waals surface area contributed by atoms with Crippen molar-refractivity contribution in [2.45, 2.75) is 44.9 Å². The number of nitro benzene ring substituents is 1. The van der Waals surface area contributed by atoms with Gasteiger partial charge in [0.05, 0.1) is 4.92 Å². The molecule has 0 radical (unpaired) electrons. The summed E-state index contributed by atoms with van der Waals surface area (Å²) in [7, 11) is 0. The van der Waals surface area contributed by atoms with Gasteiger partial charge in [-0.05, 0) is 38.8 Å². The Bertz CT molecular complexity index is 521. The van der Waals surface area contributed by atoms with Gasteiger partial charge in [-0.2, -0.15) is 13.2 Å². The number of nitrogens with zero attached hydrogens (tertiary/aromatic N) is 2. The van der Waals surface area contributed by atoms with Crippen LogP contribution in [0.15, 0.2) is 18.2 Å². The number of hydrogen-bond acceptors (Lipinski definition) is 3. The molecule has 1 heterocycles. The molecule has 0 bridgehead atoms. The molecule has 2 rings (SSSR count). The van der Waals surface area contributed by atoms with Crippen LogP contribution >= 0.6 is 0 Å². The normalized spacial score (nSPS) is 23.1. The molecule has 1 fully saturated rings. The topological polar surface area (TPSA) is 46.4 Å². The van der Waals surface area contributed by atoms with Gasteiger partial charge < -0.3 is 4.90 Å². The van der Waals surface area contributed by atoms with Gasteiger partial charge in [0.15, 0.2) is 0 Å². The summed E-state index contributed by atoms with van der Waals surface area (Å²) in [5.74, 6) is 0. The van der Waals surface area contributed by atoms with E-state index in [-0.39, 0.29) is 12.1 Å². The third kappa shape index (κ3) is 2.57. The summed E-state index contributed by atoms with van der Waals surface area (Å²) in [5.41, 5.74) is -1.70. The Kier molecular flexibility index (Phi) is 3.62. The number of nitro groups is 1. The Morgan fingerprint density at radius 1 is 1.25 bits per heavy atom. The zero-order valence-corrected chi connectivity index (χ0v) is 11.1. The third-order valence-electron chi connectivity index (χ3n) is 3.73. The van der Waals surface area contributed by atoms with Gasteiger partial charge in [-0.15, -0.1) is 0 Å². The van der Waals surface area contributed by atoms with E-state index in [1.165, 1.54) is 6.07 Å². The second-order valence-electron chi connectivity index (χ2n) is 5.14. The summed E-state index contributed by atoms with van der Waals surface area (Å²) in [6, 6.07) is 3.48. The summed E-state index contributed by atoms with van der Waals surface area (Å²) >= 11 is 0. The first-order valence-corrected chi connectivity index (χ1v) is 6.35. The van der Waals surface area contributed by atoms with Crippen LogP contribution in [0.5, 0.6) is 0 Å². The molecular weight excluding hydrogens is 273 g/mol. The fourth-order valence-corrected chi connectivity index (χ4v) is 2.77. The molecule has 0 amide bonds. The van der Waals surface area contributed by atoms with E-state index >= 15 is 0 Å². The molecule has 0 aliphatic carbocycles. The van der Waals surface area contributed by atoms with Gasteiger partial charge in [-0.3, -0.25) is 10.1 Å². The van der Waals surface area contributed by atoms with Crippen molar-refractivity contribution in [1.29, 1.82) is 0 Å². The van der Waals surface area contributed by atoms with Crippen molar-refractivity contribution in [2.75, 3.05) is 4.90 Å². The molecule has 0 spiro atoms. The molecule has 7 heteroatoms. The van der Waals surface area contributed by atoms with Crippen molar-refractivity contribution in [1.82, 2.24) is 0 Å². The lowest BCUT2D eigenvalue weighted by molar-refractivity contribution is -0.388. The van der Waals surface area contributed by atoms with Gasteiger partial charge in [-0.1, -0.05) is 0 Å². The largest absolute Gasteiger partial charge is 0.423 e. The fraction of sp³-hybridized carbons (Fsp3) is 0.538. The van der Waals surface area contributed by atoms with E-state index in [2.05, 4.69) is 0 Å². The van der Waals surface area contributed by atoms with Gasteiger partial charge in [0.25, 0.3) is 5.69 Å². The van der Waals surface area contributed by atoms with E-state index in [0.717, 1.165) is 25.0 Å². The number of alkyl halides is 3. The average Bonchev–Trinajstić information content (AvgIpc) is 2.67. The molecular formula is C13H15F3N2O2. The minimum atomic E-state index is -4.73. The molecule has 0 N–H and O–H groups in total. The molecule has 1 saturated heterocycles. The van der Waals surface area contributed by atoms with Crippen molar-refractivity contribution < 1.29 is 18.1 Å². The van der Waals surface area contributed by atoms with Crippen LogP contribution in [0.4, 0.5) is 24.5 Å². The third-order valence-corrected chi connectivity index (χ3v) is 3.73. The summed E-state index contributed by atoms with van der Waals surface area (Å²) in [6.45, 7) is 3.89. The van der Waals surface area contributed by atoms with Crippen LogP contribution in [0.3, 0.4) is 0 Å². The zero-order valence-electron chi connectivity index (χ0n) is 11.1. The second kappa shape index (κ2) is 4.96. The van der Waals surface area contributed by atoms with Crippen molar-refractivity contribution in [3.8, 4) is 0 Å². The molecule has 1 aliphatic rings. The molecule has 2 atom stereocenters. The van der Waals surface area contributed by atoms with Crippen molar-refractivity contribution in [2.24, 2.45) is 0 Å². The maximum atomic E-state index is 12.9. The highest BCUT2D eigenvalue weighted by Gasteiger charge is 2.39. The standard InChI is InChI=1S/C13H15F3N2O2/c1-8-3-4-9(2)17(8)10-5-6-12(18(19)20)11(7-10)13(14,15)16/h5-9H,3-4H2,1-2H3/t8-,9-/m0/s1. The fourth-order valence-electron chi connectivity index (χ4n) is 2.77. The smallest absolute Gasteiger partial charge is 0.366 e. The van der Waals surface area contributed by atoms with E-state index in [1.807, 2.05) is 18.7 Å². The van der Waals surface area contributed by atoms with Crippen molar-refractivity contribution in [3.63, 3.8) is 0 Å². The maximum absolute atomic E-state index is 12.9. The predicted octanol–water partition coefficient (Wildman–Crippen LogP) is 3.99. The molecule has 110 valence electrons. The minimum Gasteiger partial charge on any atom is -0.366 e. The average molecular weight is 288 g/mol. The van der Waals surface area contributed by atoms with Gasteiger partial charge in [-0.25, -0.2) is 0 Å². The maximum Gasteiger partial charge on any atom is 0.423 e. The van der Waals surface area contributed by atoms with Crippen LogP contribution in [0.2, 0.25) is 0 Å². The molecule has 20 heavy (non-hydrogen) atoms. The Balaban J connectivity index is 2.50. The van der Waals surface area contributed by atoms with Crippen molar-refractivity contribution >= 4 is 11.4 Å². The Labute approximate surface area is 114 Å².